The number of thiazole rings is 1. The first-order valence-corrected chi connectivity index (χ1v) is 7.71. The Kier molecular flexibility index (Phi) is 5.15. The van der Waals surface area contributed by atoms with Crippen molar-refractivity contribution in [1.82, 2.24) is 4.98 Å². The zero-order chi connectivity index (χ0) is 14.5. The van der Waals surface area contributed by atoms with Crippen molar-refractivity contribution in [2.75, 3.05) is 6.61 Å². The predicted molar refractivity (Wildman–Crippen MR) is 82.5 cm³/mol. The molecule has 0 bridgehead atoms. The third-order valence-corrected chi connectivity index (χ3v) is 4.25. The Bertz CT molecular complexity index is 563. The molecule has 1 aromatic carbocycles. The number of aryl methyl sites for hydroxylation is 1. The first kappa shape index (κ1) is 15.0. The van der Waals surface area contributed by atoms with Crippen molar-refractivity contribution >= 4 is 11.3 Å². The van der Waals surface area contributed by atoms with Crippen molar-refractivity contribution in [3.63, 3.8) is 0 Å². The average Bonchev–Trinajstić information content (AvgIpc) is 2.84. The van der Waals surface area contributed by atoms with Gasteiger partial charge in [-0.2, -0.15) is 0 Å². The van der Waals surface area contributed by atoms with Crippen LogP contribution >= 0.6 is 11.3 Å². The first-order chi connectivity index (χ1) is 9.61. The molecule has 0 radical (unpaired) electrons. The van der Waals surface area contributed by atoms with Crippen molar-refractivity contribution < 1.29 is 9.84 Å². The summed E-state index contributed by atoms with van der Waals surface area (Å²) in [6.07, 6.45) is 0.777. The number of aliphatic hydroxyl groups excluding tert-OH is 1. The number of hydrogen-bond acceptors (Lipinski definition) is 4. The minimum Gasteiger partial charge on any atom is -0.493 e. The fourth-order valence-electron chi connectivity index (χ4n) is 2.05. The Morgan fingerprint density at radius 1 is 1.30 bits per heavy atom. The average molecular weight is 291 g/mol. The molecular weight excluding hydrogens is 270 g/mol. The van der Waals surface area contributed by atoms with Gasteiger partial charge in [-0.3, -0.25) is 0 Å². The molecule has 0 amide bonds. The lowest BCUT2D eigenvalue weighted by atomic mass is 10.1. The molecule has 1 aromatic heterocycles. The van der Waals surface area contributed by atoms with Crippen LogP contribution in [-0.2, 0) is 13.0 Å². The Hall–Kier alpha value is -1.39. The largest absolute Gasteiger partial charge is 0.493 e. The van der Waals surface area contributed by atoms with Crippen LogP contribution < -0.4 is 4.74 Å². The van der Waals surface area contributed by atoms with Gasteiger partial charge in [-0.15, -0.1) is 11.3 Å². The highest BCUT2D eigenvalue weighted by Gasteiger charge is 2.13. The van der Waals surface area contributed by atoms with Gasteiger partial charge in [0.15, 0.2) is 0 Å². The molecule has 20 heavy (non-hydrogen) atoms. The molecule has 2 aromatic rings. The Morgan fingerprint density at radius 2 is 2.05 bits per heavy atom. The predicted octanol–water partition coefficient (Wildman–Crippen LogP) is 3.69. The number of nitrogens with zero attached hydrogens (tertiary/aromatic N) is 1. The van der Waals surface area contributed by atoms with E-state index in [0.29, 0.717) is 12.5 Å². The summed E-state index contributed by atoms with van der Waals surface area (Å²) in [4.78, 5) is 5.59. The van der Waals surface area contributed by atoms with Crippen LogP contribution in [0.2, 0.25) is 0 Å². The van der Waals surface area contributed by atoms with E-state index in [1.54, 1.807) is 11.3 Å². The van der Waals surface area contributed by atoms with Crippen molar-refractivity contribution in [3.05, 3.63) is 45.4 Å². The molecule has 108 valence electrons. The van der Waals surface area contributed by atoms with E-state index in [2.05, 4.69) is 18.8 Å². The van der Waals surface area contributed by atoms with E-state index in [0.717, 1.165) is 33.3 Å². The number of hydrogen-bond donors (Lipinski definition) is 1. The second-order valence-corrected chi connectivity index (χ2v) is 6.26. The van der Waals surface area contributed by atoms with E-state index in [1.807, 2.05) is 31.2 Å². The molecule has 0 atom stereocenters. The lowest BCUT2D eigenvalue weighted by Crippen LogP contribution is -2.02. The molecule has 0 aliphatic heterocycles. The monoisotopic (exact) mass is 291 g/mol. The zero-order valence-corrected chi connectivity index (χ0v) is 13.0. The van der Waals surface area contributed by atoms with E-state index < -0.39 is 0 Å². The number of aliphatic hydroxyl groups is 1. The third kappa shape index (κ3) is 3.58. The van der Waals surface area contributed by atoms with Crippen LogP contribution in [0.5, 0.6) is 5.75 Å². The van der Waals surface area contributed by atoms with Gasteiger partial charge in [-0.1, -0.05) is 32.0 Å². The highest BCUT2D eigenvalue weighted by Crippen LogP contribution is 2.25. The topological polar surface area (TPSA) is 42.4 Å². The molecular formula is C16H21NO2S. The minimum atomic E-state index is 0.0732. The second-order valence-electron chi connectivity index (χ2n) is 5.09. The van der Waals surface area contributed by atoms with Crippen molar-refractivity contribution in [1.29, 1.82) is 0 Å². The highest BCUT2D eigenvalue weighted by atomic mass is 32.1. The summed E-state index contributed by atoms with van der Waals surface area (Å²) in [5, 5.41) is 10.4. The van der Waals surface area contributed by atoms with Gasteiger partial charge in [-0.25, -0.2) is 4.98 Å². The van der Waals surface area contributed by atoms with Crippen LogP contribution in [0.1, 0.15) is 40.9 Å². The highest BCUT2D eigenvalue weighted by molar-refractivity contribution is 7.11. The quantitative estimate of drug-likeness (QED) is 0.882. The molecule has 1 heterocycles. The molecule has 0 unspecified atom stereocenters. The first-order valence-electron chi connectivity index (χ1n) is 6.89. The van der Waals surface area contributed by atoms with Gasteiger partial charge >= 0.3 is 0 Å². The zero-order valence-electron chi connectivity index (χ0n) is 12.2. The van der Waals surface area contributed by atoms with Crippen molar-refractivity contribution in [2.24, 2.45) is 0 Å². The van der Waals surface area contributed by atoms with Gasteiger partial charge in [0.2, 0.25) is 0 Å². The molecule has 2 rings (SSSR count). The molecule has 1 N–H and O–H groups in total. The normalized spacial score (nSPS) is 11.1. The lowest BCUT2D eigenvalue weighted by Gasteiger charge is -2.07. The van der Waals surface area contributed by atoms with Crippen LogP contribution in [0.4, 0.5) is 0 Å². The summed E-state index contributed by atoms with van der Waals surface area (Å²) in [6.45, 7) is 6.92. The SMILES string of the molecule is Cc1ccccc1OCCc1nc(C(C)C)c(CO)s1. The van der Waals surface area contributed by atoms with Crippen molar-refractivity contribution in [3.8, 4) is 5.75 Å². The fraction of sp³-hybridized carbons (Fsp3) is 0.438. The molecule has 4 heteroatoms. The Morgan fingerprint density at radius 3 is 2.65 bits per heavy atom. The number of benzene rings is 1. The standard InChI is InChI=1S/C16H21NO2S/c1-11(2)16-14(10-18)20-15(17-16)8-9-19-13-7-5-4-6-12(13)3/h4-7,11,18H,8-10H2,1-3H3. The van der Waals surface area contributed by atoms with Crippen LogP contribution in [0.3, 0.4) is 0 Å². The van der Waals surface area contributed by atoms with Gasteiger partial charge in [0.25, 0.3) is 0 Å². The van der Waals surface area contributed by atoms with Crippen molar-refractivity contribution in [2.45, 2.75) is 39.7 Å². The molecule has 0 spiro atoms. The molecule has 0 saturated carbocycles. The van der Waals surface area contributed by atoms with E-state index in [4.69, 9.17) is 4.74 Å². The summed E-state index contributed by atoms with van der Waals surface area (Å²) in [7, 11) is 0. The maximum absolute atomic E-state index is 9.36. The number of para-hydroxylation sites is 1. The van der Waals surface area contributed by atoms with E-state index in [1.165, 1.54) is 0 Å². The van der Waals surface area contributed by atoms with Crippen LogP contribution in [0.15, 0.2) is 24.3 Å². The molecule has 3 nitrogen and oxygen atoms in total. The summed E-state index contributed by atoms with van der Waals surface area (Å²) in [5.41, 5.74) is 2.16. The molecule has 0 aliphatic carbocycles. The molecule has 0 saturated heterocycles. The minimum absolute atomic E-state index is 0.0732. The van der Waals surface area contributed by atoms with Crippen LogP contribution in [0, 0.1) is 6.92 Å². The molecule has 0 aliphatic rings. The van der Waals surface area contributed by atoms with Crippen LogP contribution in [0.25, 0.3) is 0 Å². The smallest absolute Gasteiger partial charge is 0.122 e. The second kappa shape index (κ2) is 6.86. The third-order valence-electron chi connectivity index (χ3n) is 3.13. The Labute approximate surface area is 124 Å². The van der Waals surface area contributed by atoms with Gasteiger partial charge in [0.05, 0.1) is 28.8 Å². The summed E-state index contributed by atoms with van der Waals surface area (Å²) < 4.78 is 5.79. The summed E-state index contributed by atoms with van der Waals surface area (Å²) >= 11 is 1.59. The van der Waals surface area contributed by atoms with E-state index in [9.17, 15) is 5.11 Å². The number of aromatic nitrogens is 1. The summed E-state index contributed by atoms with van der Waals surface area (Å²) in [6, 6.07) is 8.01. The Balaban J connectivity index is 1.96. The van der Waals surface area contributed by atoms with E-state index >= 15 is 0 Å². The maximum Gasteiger partial charge on any atom is 0.122 e. The van der Waals surface area contributed by atoms with Gasteiger partial charge in [0, 0.05) is 6.42 Å². The number of rotatable bonds is 6. The van der Waals surface area contributed by atoms with Crippen LogP contribution in [-0.4, -0.2) is 16.7 Å². The molecule has 0 fully saturated rings. The van der Waals surface area contributed by atoms with E-state index in [-0.39, 0.29) is 6.61 Å². The van der Waals surface area contributed by atoms with Gasteiger partial charge < -0.3 is 9.84 Å². The maximum atomic E-state index is 9.36. The number of ether oxygens (including phenoxy) is 1. The summed E-state index contributed by atoms with van der Waals surface area (Å²) in [5.74, 6) is 1.27. The fourth-order valence-corrected chi connectivity index (χ4v) is 3.12. The van der Waals surface area contributed by atoms with Gasteiger partial charge in [0.1, 0.15) is 5.75 Å². The van der Waals surface area contributed by atoms with Gasteiger partial charge in [-0.05, 0) is 24.5 Å². The lowest BCUT2D eigenvalue weighted by molar-refractivity contribution is 0.283.